The molecule has 0 aliphatic heterocycles. The Hall–Kier alpha value is -0.120. The first-order valence-electron chi connectivity index (χ1n) is 5.19. The van der Waals surface area contributed by atoms with Crippen LogP contribution in [0.4, 0.5) is 0 Å². The molecular formula is C10H21NO2. The van der Waals surface area contributed by atoms with Crippen molar-refractivity contribution >= 4 is 0 Å². The molecule has 0 aromatic rings. The molecule has 0 heterocycles. The van der Waals surface area contributed by atoms with Crippen LogP contribution in [0.25, 0.3) is 0 Å². The molecule has 1 saturated carbocycles. The fraction of sp³-hybridized carbons (Fsp3) is 1.00. The quantitative estimate of drug-likeness (QED) is 0.602. The van der Waals surface area contributed by atoms with Gasteiger partial charge in [-0.15, -0.1) is 0 Å². The summed E-state index contributed by atoms with van der Waals surface area (Å²) in [6.45, 7) is 2.09. The Balaban J connectivity index is 2.41. The van der Waals surface area contributed by atoms with Gasteiger partial charge in [-0.05, 0) is 24.7 Å². The smallest absolute Gasteiger partial charge is 0.0741 e. The lowest BCUT2D eigenvalue weighted by Gasteiger charge is -2.32. The van der Waals surface area contributed by atoms with Gasteiger partial charge in [0, 0.05) is 0 Å². The van der Waals surface area contributed by atoms with Crippen molar-refractivity contribution in [3.8, 4) is 0 Å². The Morgan fingerprint density at radius 2 is 2.15 bits per heavy atom. The normalized spacial score (nSPS) is 34.2. The van der Waals surface area contributed by atoms with Gasteiger partial charge < -0.3 is 15.9 Å². The maximum absolute atomic E-state index is 9.78. The first kappa shape index (κ1) is 11.0. The summed E-state index contributed by atoms with van der Waals surface area (Å²) < 4.78 is 0. The molecule has 4 unspecified atom stereocenters. The highest BCUT2D eigenvalue weighted by atomic mass is 16.3. The van der Waals surface area contributed by atoms with Gasteiger partial charge in [-0.3, -0.25) is 0 Å². The number of hydrogen-bond acceptors (Lipinski definition) is 3. The third kappa shape index (κ3) is 2.93. The first-order chi connectivity index (χ1) is 6.15. The van der Waals surface area contributed by atoms with Gasteiger partial charge in [-0.1, -0.05) is 19.8 Å². The Bertz CT molecular complexity index is 152. The van der Waals surface area contributed by atoms with Gasteiger partial charge in [0.2, 0.25) is 0 Å². The molecule has 3 nitrogen and oxygen atoms in total. The second kappa shape index (κ2) is 4.94. The zero-order valence-corrected chi connectivity index (χ0v) is 8.32. The Morgan fingerprint density at radius 3 is 2.69 bits per heavy atom. The molecule has 4 atom stereocenters. The number of nitrogens with two attached hydrogens (primary N) is 1. The van der Waals surface area contributed by atoms with Crippen LogP contribution in [-0.2, 0) is 0 Å². The number of aliphatic hydroxyl groups excluding tert-OH is 2. The lowest BCUT2D eigenvalue weighted by atomic mass is 9.78. The van der Waals surface area contributed by atoms with E-state index in [0.29, 0.717) is 11.8 Å². The van der Waals surface area contributed by atoms with Crippen molar-refractivity contribution in [2.45, 2.75) is 44.8 Å². The van der Waals surface area contributed by atoms with Crippen LogP contribution in [0.3, 0.4) is 0 Å². The Labute approximate surface area is 79.9 Å². The van der Waals surface area contributed by atoms with Gasteiger partial charge in [-0.2, -0.15) is 0 Å². The van der Waals surface area contributed by atoms with E-state index in [2.05, 4.69) is 6.92 Å². The second-order valence-corrected chi connectivity index (χ2v) is 4.37. The van der Waals surface area contributed by atoms with Crippen molar-refractivity contribution in [3.63, 3.8) is 0 Å². The first-order valence-corrected chi connectivity index (χ1v) is 5.19. The largest absolute Gasteiger partial charge is 0.395 e. The molecule has 78 valence electrons. The zero-order chi connectivity index (χ0) is 9.84. The molecule has 4 N–H and O–H groups in total. The minimum atomic E-state index is -0.521. The van der Waals surface area contributed by atoms with Gasteiger partial charge in [0.15, 0.2) is 0 Å². The monoisotopic (exact) mass is 187 g/mol. The van der Waals surface area contributed by atoms with Crippen LogP contribution in [0.15, 0.2) is 0 Å². The summed E-state index contributed by atoms with van der Waals surface area (Å²) in [6.07, 6.45) is 4.03. The molecule has 0 spiro atoms. The van der Waals surface area contributed by atoms with Crippen LogP contribution >= 0.6 is 0 Å². The maximum atomic E-state index is 9.78. The van der Waals surface area contributed by atoms with E-state index in [4.69, 9.17) is 10.8 Å². The minimum absolute atomic E-state index is 0.119. The number of rotatable bonds is 3. The van der Waals surface area contributed by atoms with Crippen molar-refractivity contribution in [2.75, 3.05) is 6.61 Å². The molecule has 1 aliphatic rings. The van der Waals surface area contributed by atoms with Crippen molar-refractivity contribution in [3.05, 3.63) is 0 Å². The zero-order valence-electron chi connectivity index (χ0n) is 8.32. The molecule has 0 saturated heterocycles. The van der Waals surface area contributed by atoms with Gasteiger partial charge in [0.05, 0.1) is 18.8 Å². The second-order valence-electron chi connectivity index (χ2n) is 4.37. The minimum Gasteiger partial charge on any atom is -0.395 e. The van der Waals surface area contributed by atoms with Gasteiger partial charge in [0.25, 0.3) is 0 Å². The third-order valence-corrected chi connectivity index (χ3v) is 3.11. The predicted molar refractivity (Wildman–Crippen MR) is 52.2 cm³/mol. The fourth-order valence-corrected chi connectivity index (χ4v) is 2.25. The van der Waals surface area contributed by atoms with Crippen LogP contribution in [-0.4, -0.2) is 29.0 Å². The molecule has 0 aromatic heterocycles. The summed E-state index contributed by atoms with van der Waals surface area (Å²) in [5, 5.41) is 18.6. The van der Waals surface area contributed by atoms with Crippen molar-refractivity contribution < 1.29 is 10.2 Å². The predicted octanol–water partition coefficient (Wildman–Crippen LogP) is 0.493. The lowest BCUT2D eigenvalue weighted by molar-refractivity contribution is 0.0337. The molecule has 0 radical (unpaired) electrons. The van der Waals surface area contributed by atoms with E-state index in [-0.39, 0.29) is 6.61 Å². The van der Waals surface area contributed by atoms with E-state index >= 15 is 0 Å². The van der Waals surface area contributed by atoms with E-state index < -0.39 is 12.1 Å². The van der Waals surface area contributed by atoms with Crippen molar-refractivity contribution in [1.82, 2.24) is 0 Å². The lowest BCUT2D eigenvalue weighted by Crippen LogP contribution is -2.43. The summed E-state index contributed by atoms with van der Waals surface area (Å²) in [7, 11) is 0. The van der Waals surface area contributed by atoms with Gasteiger partial charge in [0.1, 0.15) is 0 Å². The molecule has 0 bridgehead atoms. The van der Waals surface area contributed by atoms with Crippen LogP contribution in [0.1, 0.15) is 32.6 Å². The third-order valence-electron chi connectivity index (χ3n) is 3.11. The number of aliphatic hydroxyl groups is 2. The molecule has 0 aromatic carbocycles. The average molecular weight is 187 g/mol. The molecule has 13 heavy (non-hydrogen) atoms. The summed E-state index contributed by atoms with van der Waals surface area (Å²) >= 11 is 0. The summed E-state index contributed by atoms with van der Waals surface area (Å²) in [6, 6.07) is -0.463. The summed E-state index contributed by atoms with van der Waals surface area (Å²) in [5.41, 5.74) is 5.59. The SMILES string of the molecule is CC1CCCC(C(O)C(N)CO)C1. The van der Waals surface area contributed by atoms with E-state index in [1.807, 2.05) is 0 Å². The van der Waals surface area contributed by atoms with Gasteiger partial charge >= 0.3 is 0 Å². The van der Waals surface area contributed by atoms with E-state index in [0.717, 1.165) is 12.8 Å². The highest BCUT2D eigenvalue weighted by Gasteiger charge is 2.28. The van der Waals surface area contributed by atoms with Crippen LogP contribution in [0.2, 0.25) is 0 Å². The maximum Gasteiger partial charge on any atom is 0.0741 e. The molecule has 1 aliphatic carbocycles. The summed E-state index contributed by atoms with van der Waals surface area (Å²) in [4.78, 5) is 0. The van der Waals surface area contributed by atoms with Crippen molar-refractivity contribution in [2.24, 2.45) is 17.6 Å². The molecular weight excluding hydrogens is 166 g/mol. The molecule has 1 rings (SSSR count). The highest BCUT2D eigenvalue weighted by molar-refractivity contribution is 4.82. The summed E-state index contributed by atoms with van der Waals surface area (Å²) in [5.74, 6) is 0.991. The van der Waals surface area contributed by atoms with Crippen molar-refractivity contribution in [1.29, 1.82) is 0 Å². The van der Waals surface area contributed by atoms with E-state index in [9.17, 15) is 5.11 Å². The van der Waals surface area contributed by atoms with Crippen LogP contribution in [0, 0.1) is 11.8 Å². The topological polar surface area (TPSA) is 66.5 Å². The Morgan fingerprint density at radius 1 is 1.46 bits per heavy atom. The van der Waals surface area contributed by atoms with E-state index in [1.165, 1.54) is 12.8 Å². The molecule has 1 fully saturated rings. The van der Waals surface area contributed by atoms with Crippen LogP contribution in [0.5, 0.6) is 0 Å². The molecule has 3 heteroatoms. The fourth-order valence-electron chi connectivity index (χ4n) is 2.25. The Kier molecular flexibility index (Phi) is 4.16. The molecule has 0 amide bonds. The van der Waals surface area contributed by atoms with Gasteiger partial charge in [-0.25, -0.2) is 0 Å². The number of hydrogen-bond donors (Lipinski definition) is 3. The standard InChI is InChI=1S/C10H21NO2/c1-7-3-2-4-8(5-7)10(13)9(11)6-12/h7-10,12-13H,2-6,11H2,1H3. The van der Waals surface area contributed by atoms with E-state index in [1.54, 1.807) is 0 Å². The average Bonchev–Trinajstić information content (AvgIpc) is 2.15. The van der Waals surface area contributed by atoms with Crippen LogP contribution < -0.4 is 5.73 Å². The highest BCUT2D eigenvalue weighted by Crippen LogP contribution is 2.31.